The molecule has 0 radical (unpaired) electrons. The molecule has 1 heterocycles. The molecule has 2 N–H and O–H groups in total. The van der Waals surface area contributed by atoms with Crippen LogP contribution in [0.3, 0.4) is 0 Å². The molecule has 1 atom stereocenters. The maximum absolute atomic E-state index is 12.2. The predicted octanol–water partition coefficient (Wildman–Crippen LogP) is 2.89. The Kier molecular flexibility index (Phi) is 5.56. The van der Waals surface area contributed by atoms with Crippen LogP contribution >= 0.6 is 0 Å². The summed E-state index contributed by atoms with van der Waals surface area (Å²) < 4.78 is 7.06. The zero-order valence-corrected chi connectivity index (χ0v) is 14.0. The van der Waals surface area contributed by atoms with Crippen LogP contribution in [-0.4, -0.2) is 27.9 Å². The molecular formula is C16H23N5O2. The molecule has 0 bridgehead atoms. The number of carbonyl (C=O) groups excluding carboxylic acids is 1. The van der Waals surface area contributed by atoms with Crippen LogP contribution in [0.1, 0.15) is 37.7 Å². The molecule has 0 fully saturated rings. The highest BCUT2D eigenvalue weighted by molar-refractivity contribution is 5.89. The number of aryl methyl sites for hydroxylation is 2. The standard InChI is InChI=1S/C16H23N5O2/c1-5-8-21-15(17-10-18-21)12(3)19-16(22)20-13-7-6-11(2)14(9-13)23-4/h6-7,9-10,12H,5,8H2,1-4H3,(H2,19,20,22)/t12-/m1/s1. The molecule has 7 nitrogen and oxygen atoms in total. The van der Waals surface area contributed by atoms with E-state index >= 15 is 0 Å². The van der Waals surface area contributed by atoms with E-state index in [-0.39, 0.29) is 12.1 Å². The van der Waals surface area contributed by atoms with Gasteiger partial charge in [0, 0.05) is 18.3 Å². The van der Waals surface area contributed by atoms with Gasteiger partial charge >= 0.3 is 6.03 Å². The molecule has 0 aliphatic carbocycles. The summed E-state index contributed by atoms with van der Waals surface area (Å²) in [4.78, 5) is 16.4. The second-order valence-electron chi connectivity index (χ2n) is 5.35. The molecule has 0 spiro atoms. The topological polar surface area (TPSA) is 81.1 Å². The van der Waals surface area contributed by atoms with E-state index in [1.807, 2.05) is 26.0 Å². The Hall–Kier alpha value is -2.57. The van der Waals surface area contributed by atoms with Gasteiger partial charge in [-0.3, -0.25) is 0 Å². The van der Waals surface area contributed by atoms with Crippen LogP contribution in [-0.2, 0) is 6.54 Å². The summed E-state index contributed by atoms with van der Waals surface area (Å²) in [7, 11) is 1.61. The van der Waals surface area contributed by atoms with Crippen molar-refractivity contribution < 1.29 is 9.53 Å². The molecule has 0 aliphatic heterocycles. The molecule has 124 valence electrons. The SMILES string of the molecule is CCCn1ncnc1[C@@H](C)NC(=O)Nc1ccc(C)c(OC)c1. The maximum atomic E-state index is 12.2. The number of urea groups is 1. The van der Waals surface area contributed by atoms with Crippen LogP contribution in [0, 0.1) is 6.92 Å². The van der Waals surface area contributed by atoms with E-state index in [9.17, 15) is 4.79 Å². The van der Waals surface area contributed by atoms with Gasteiger partial charge in [0.05, 0.1) is 13.2 Å². The Balaban J connectivity index is 2.00. The van der Waals surface area contributed by atoms with Crippen molar-refractivity contribution in [3.8, 4) is 5.75 Å². The number of aromatic nitrogens is 3. The molecule has 1 aromatic carbocycles. The monoisotopic (exact) mass is 317 g/mol. The van der Waals surface area contributed by atoms with Gasteiger partial charge in [0.1, 0.15) is 17.9 Å². The third-order valence-electron chi connectivity index (χ3n) is 3.48. The zero-order chi connectivity index (χ0) is 16.8. The lowest BCUT2D eigenvalue weighted by Crippen LogP contribution is -2.32. The van der Waals surface area contributed by atoms with Crippen molar-refractivity contribution in [1.29, 1.82) is 0 Å². The number of nitrogens with zero attached hydrogens (tertiary/aromatic N) is 3. The summed E-state index contributed by atoms with van der Waals surface area (Å²) in [5.41, 5.74) is 1.69. The number of ether oxygens (including phenoxy) is 1. The molecule has 7 heteroatoms. The summed E-state index contributed by atoms with van der Waals surface area (Å²) in [5, 5.41) is 9.84. The first-order chi connectivity index (χ1) is 11.0. The van der Waals surface area contributed by atoms with Crippen molar-refractivity contribution in [3.05, 3.63) is 35.9 Å². The average molecular weight is 317 g/mol. The lowest BCUT2D eigenvalue weighted by atomic mass is 10.2. The lowest BCUT2D eigenvalue weighted by molar-refractivity contribution is 0.248. The molecule has 23 heavy (non-hydrogen) atoms. The molecule has 0 aliphatic rings. The molecule has 2 rings (SSSR count). The van der Waals surface area contributed by atoms with Crippen LogP contribution in [0.4, 0.5) is 10.5 Å². The first-order valence-corrected chi connectivity index (χ1v) is 7.65. The summed E-state index contributed by atoms with van der Waals surface area (Å²) in [5.74, 6) is 1.47. The van der Waals surface area contributed by atoms with E-state index in [4.69, 9.17) is 4.74 Å². The number of hydrogen-bond donors (Lipinski definition) is 2. The molecule has 0 saturated heterocycles. The van der Waals surface area contributed by atoms with Crippen LogP contribution in [0.5, 0.6) is 5.75 Å². The largest absolute Gasteiger partial charge is 0.496 e. The highest BCUT2D eigenvalue weighted by Crippen LogP contribution is 2.22. The normalized spacial score (nSPS) is 11.8. The van der Waals surface area contributed by atoms with Crippen LogP contribution < -0.4 is 15.4 Å². The van der Waals surface area contributed by atoms with Crippen LogP contribution in [0.25, 0.3) is 0 Å². The van der Waals surface area contributed by atoms with Crippen molar-refractivity contribution in [3.63, 3.8) is 0 Å². The number of carbonyl (C=O) groups is 1. The van der Waals surface area contributed by atoms with Gasteiger partial charge in [0.25, 0.3) is 0 Å². The van der Waals surface area contributed by atoms with E-state index in [2.05, 4.69) is 27.6 Å². The highest BCUT2D eigenvalue weighted by atomic mass is 16.5. The minimum absolute atomic E-state index is 0.239. The Morgan fingerprint density at radius 2 is 2.22 bits per heavy atom. The molecule has 2 amide bonds. The second kappa shape index (κ2) is 7.62. The van der Waals surface area contributed by atoms with Gasteiger partial charge in [-0.15, -0.1) is 0 Å². The number of amides is 2. The fourth-order valence-corrected chi connectivity index (χ4v) is 2.32. The van der Waals surface area contributed by atoms with Gasteiger partial charge in [-0.25, -0.2) is 14.5 Å². The number of rotatable bonds is 6. The number of methoxy groups -OCH3 is 1. The van der Waals surface area contributed by atoms with Crippen molar-refractivity contribution in [2.45, 2.75) is 39.8 Å². The van der Waals surface area contributed by atoms with E-state index in [0.717, 1.165) is 30.1 Å². The molecular weight excluding hydrogens is 294 g/mol. The fourth-order valence-electron chi connectivity index (χ4n) is 2.32. The predicted molar refractivity (Wildman–Crippen MR) is 88.6 cm³/mol. The Morgan fingerprint density at radius 1 is 1.43 bits per heavy atom. The Bertz CT molecular complexity index is 668. The van der Waals surface area contributed by atoms with Gasteiger partial charge in [-0.05, 0) is 31.9 Å². The van der Waals surface area contributed by atoms with E-state index in [0.29, 0.717) is 5.69 Å². The second-order valence-corrected chi connectivity index (χ2v) is 5.35. The number of anilines is 1. The number of hydrogen-bond acceptors (Lipinski definition) is 4. The van der Waals surface area contributed by atoms with Gasteiger partial charge in [0.15, 0.2) is 0 Å². The number of benzene rings is 1. The Morgan fingerprint density at radius 3 is 2.91 bits per heavy atom. The third-order valence-corrected chi connectivity index (χ3v) is 3.48. The smallest absolute Gasteiger partial charge is 0.319 e. The van der Waals surface area contributed by atoms with Gasteiger partial charge in [-0.2, -0.15) is 5.10 Å². The van der Waals surface area contributed by atoms with E-state index in [1.54, 1.807) is 17.9 Å². The van der Waals surface area contributed by atoms with E-state index < -0.39 is 0 Å². The summed E-state index contributed by atoms with van der Waals surface area (Å²) >= 11 is 0. The van der Waals surface area contributed by atoms with Gasteiger partial charge < -0.3 is 15.4 Å². The van der Waals surface area contributed by atoms with Gasteiger partial charge in [-0.1, -0.05) is 13.0 Å². The minimum Gasteiger partial charge on any atom is -0.496 e. The molecule has 1 aromatic heterocycles. The van der Waals surface area contributed by atoms with Crippen molar-refractivity contribution in [2.75, 3.05) is 12.4 Å². The van der Waals surface area contributed by atoms with Gasteiger partial charge in [0.2, 0.25) is 0 Å². The van der Waals surface area contributed by atoms with E-state index in [1.165, 1.54) is 6.33 Å². The van der Waals surface area contributed by atoms with Crippen molar-refractivity contribution >= 4 is 11.7 Å². The summed E-state index contributed by atoms with van der Waals surface area (Å²) in [6.07, 6.45) is 2.46. The summed E-state index contributed by atoms with van der Waals surface area (Å²) in [6.45, 7) is 6.68. The van der Waals surface area contributed by atoms with Crippen LogP contribution in [0.2, 0.25) is 0 Å². The minimum atomic E-state index is -0.297. The average Bonchev–Trinajstić information content (AvgIpc) is 2.98. The first kappa shape index (κ1) is 16.8. The van der Waals surface area contributed by atoms with Crippen LogP contribution in [0.15, 0.2) is 24.5 Å². The fraction of sp³-hybridized carbons (Fsp3) is 0.438. The Labute approximate surface area is 136 Å². The maximum Gasteiger partial charge on any atom is 0.319 e. The quantitative estimate of drug-likeness (QED) is 0.858. The highest BCUT2D eigenvalue weighted by Gasteiger charge is 2.15. The first-order valence-electron chi connectivity index (χ1n) is 7.65. The molecule has 0 saturated carbocycles. The van der Waals surface area contributed by atoms with Crippen molar-refractivity contribution in [1.82, 2.24) is 20.1 Å². The molecule has 2 aromatic rings. The van der Waals surface area contributed by atoms with Crippen molar-refractivity contribution in [2.24, 2.45) is 0 Å². The zero-order valence-electron chi connectivity index (χ0n) is 14.0. The number of nitrogens with one attached hydrogen (secondary N) is 2. The summed E-state index contributed by atoms with van der Waals surface area (Å²) in [6, 6.07) is 4.99. The third kappa shape index (κ3) is 4.21. The molecule has 0 unspecified atom stereocenters. The lowest BCUT2D eigenvalue weighted by Gasteiger charge is -2.15.